The van der Waals surface area contributed by atoms with Crippen molar-refractivity contribution in [2.75, 3.05) is 27.5 Å². The minimum absolute atomic E-state index is 0.0743. The number of carbonyl (C=O) groups is 4. The van der Waals surface area contributed by atoms with Gasteiger partial charge in [-0.05, 0) is 184 Å². The highest BCUT2D eigenvalue weighted by Gasteiger charge is 2.26. The number of halogens is 2. The molecule has 0 saturated heterocycles. The highest BCUT2D eigenvalue weighted by atomic mass is 35.5. The summed E-state index contributed by atoms with van der Waals surface area (Å²) in [6.45, 7) is 7.22. The fourth-order valence-corrected chi connectivity index (χ4v) is 14.0. The first kappa shape index (κ1) is 71.6. The van der Waals surface area contributed by atoms with Gasteiger partial charge in [0.25, 0.3) is 45.9 Å². The zero-order valence-corrected chi connectivity index (χ0v) is 60.0. The van der Waals surface area contributed by atoms with Crippen molar-refractivity contribution >= 4 is 81.6 Å². The van der Waals surface area contributed by atoms with Gasteiger partial charge in [0.15, 0.2) is 0 Å². The average molecular weight is 1470 g/mol. The van der Waals surface area contributed by atoms with Crippen LogP contribution in [0.1, 0.15) is 147 Å². The first-order valence-corrected chi connectivity index (χ1v) is 36.4. The number of aryl methyl sites for hydroxylation is 8. The molecule has 8 N–H and O–H groups in total. The number of hydrogen-bond donors (Lipinski definition) is 8. The number of nitrogens with one attached hydrogen (secondary N) is 8. The van der Waals surface area contributed by atoms with Gasteiger partial charge < -0.3 is 21.3 Å². The highest BCUT2D eigenvalue weighted by Crippen LogP contribution is 2.27. The van der Waals surface area contributed by atoms with Gasteiger partial charge in [-0.2, -0.15) is 39.1 Å². The van der Waals surface area contributed by atoms with Gasteiger partial charge in [0.05, 0.1) is 61.6 Å². The van der Waals surface area contributed by atoms with E-state index in [1.54, 1.807) is 80.6 Å². The lowest BCUT2D eigenvalue weighted by atomic mass is 9.97. The van der Waals surface area contributed by atoms with Gasteiger partial charge in [0.1, 0.15) is 29.1 Å². The fraction of sp³-hybridized carbons (Fsp3) is 0.260. The van der Waals surface area contributed by atoms with Crippen LogP contribution in [0.2, 0.25) is 5.02 Å². The third-order valence-electron chi connectivity index (χ3n) is 17.6. The first-order chi connectivity index (χ1) is 50.7. The van der Waals surface area contributed by atoms with Crippen LogP contribution in [0.5, 0.6) is 0 Å². The molecule has 0 saturated carbocycles. The lowest BCUT2D eigenvalue weighted by molar-refractivity contribution is 0.101. The SMILES string of the molecule is CSc1ccccc1C(=O)Nc1cc(C)nn1-c1nc2c(c(=O)[nH]1)CCCC2.Cc1cc(NC(=O)c2ccc(Cl)cc2)n(-c2nc3c(c(=O)[nH]2)CCC3)n1.Cc1cc(NC(=O)c2ccccc2F)n(-c2nc3c(c(=O)[nH]2)CCCC3)n1.Cc1cc(NC(=O)c2cccs2)n(-c2nc3c(c(=O)[nH]2)CCC3)n1. The van der Waals surface area contributed by atoms with E-state index in [9.17, 15) is 42.7 Å². The molecule has 0 atom stereocenters. The normalized spacial score (nSPS) is 13.1. The number of H-pyrrole nitrogens is 4. The summed E-state index contributed by atoms with van der Waals surface area (Å²) >= 11 is 8.74. The third kappa shape index (κ3) is 16.2. The summed E-state index contributed by atoms with van der Waals surface area (Å²) in [5.41, 5.74) is 9.32. The number of thiophene rings is 1. The van der Waals surface area contributed by atoms with Crippen LogP contribution in [-0.4, -0.2) is 109 Å². The Hall–Kier alpha value is -11.8. The van der Waals surface area contributed by atoms with Crippen molar-refractivity contribution in [2.24, 2.45) is 0 Å². The molecule has 105 heavy (non-hydrogen) atoms. The molecule has 0 bridgehead atoms. The lowest BCUT2D eigenvalue weighted by Crippen LogP contribution is -2.25. The second-order valence-corrected chi connectivity index (χ2v) is 27.4. The van der Waals surface area contributed by atoms with E-state index in [1.165, 1.54) is 60.0 Å². The predicted molar refractivity (Wildman–Crippen MR) is 396 cm³/mol. The predicted octanol–water partition coefficient (Wildman–Crippen LogP) is 10.4. The highest BCUT2D eigenvalue weighted by molar-refractivity contribution is 7.98. The molecular formula is C73H70ClFN20O8S2. The third-order valence-corrected chi connectivity index (χ3v) is 19.5. The molecule has 0 aliphatic heterocycles. The van der Waals surface area contributed by atoms with Crippen LogP contribution < -0.4 is 43.5 Å². The summed E-state index contributed by atoms with van der Waals surface area (Å²) < 4.78 is 19.6. The molecule has 9 aromatic heterocycles. The standard InChI is InChI=1S/C20H21N5O2S.C19H18FN5O2.C18H16ClN5O2.C16H15N5O2S/c1-12-11-17(22-19(27)14-8-4-6-10-16(14)28-2)25(24-12)20-21-15-9-5-3-7-13(15)18(26)23-20;1-11-10-16(22-17(26)12-6-2-4-8-14(12)20)25(24-11)19-21-15-9-5-3-7-13(15)18(27)23-19;1-10-9-15(21-16(25)11-5-7-12(19)8-6-11)24(23-10)18-20-14-4-2-3-13(14)17(26)22-18;1-9-8-13(18-15(23)12-6-3-7-24-12)21(20-9)16-17-11-5-2-4-10(11)14(22)19-16/h4,6,8,10-11H,3,5,7,9H2,1-2H3,(H,22,27)(H,21,23,26);2,4,6,8,10H,3,5,7,9H2,1H3,(H,22,26)(H,21,23,27);5-9H,2-4H2,1H3,(H,21,25)(H,20,22,26);3,6-8H,2,4-5H2,1H3,(H,18,23)(H,17,19,22). The van der Waals surface area contributed by atoms with Gasteiger partial charge in [-0.1, -0.05) is 41.9 Å². The van der Waals surface area contributed by atoms with Crippen molar-refractivity contribution in [2.45, 2.75) is 122 Å². The van der Waals surface area contributed by atoms with Gasteiger partial charge in [-0.15, -0.1) is 23.1 Å². The zero-order chi connectivity index (χ0) is 73.6. The Balaban J connectivity index is 0.000000124. The van der Waals surface area contributed by atoms with Crippen LogP contribution in [0.15, 0.2) is 139 Å². The van der Waals surface area contributed by atoms with E-state index >= 15 is 0 Å². The van der Waals surface area contributed by atoms with E-state index < -0.39 is 11.7 Å². The zero-order valence-electron chi connectivity index (χ0n) is 57.6. The summed E-state index contributed by atoms with van der Waals surface area (Å²) in [4.78, 5) is 130. The summed E-state index contributed by atoms with van der Waals surface area (Å²) in [5, 5.41) is 31.0. The number of benzene rings is 3. The number of hydrogen-bond acceptors (Lipinski definition) is 18. The maximum Gasteiger partial charge on any atom is 0.266 e. The van der Waals surface area contributed by atoms with Gasteiger partial charge in [0, 0.05) is 62.0 Å². The quantitative estimate of drug-likeness (QED) is 0.0497. The van der Waals surface area contributed by atoms with Crippen LogP contribution in [0.4, 0.5) is 27.7 Å². The first-order valence-electron chi connectivity index (χ1n) is 33.9. The molecule has 4 aliphatic carbocycles. The van der Waals surface area contributed by atoms with Crippen molar-refractivity contribution in [3.63, 3.8) is 0 Å². The maximum atomic E-state index is 13.9. The van der Waals surface area contributed by atoms with Gasteiger partial charge >= 0.3 is 0 Å². The van der Waals surface area contributed by atoms with Crippen LogP contribution in [-0.2, 0) is 51.4 Å². The Labute approximate surface area is 610 Å². The van der Waals surface area contributed by atoms with Crippen molar-refractivity contribution < 1.29 is 23.6 Å². The molecule has 12 aromatic rings. The molecule has 4 aliphatic rings. The summed E-state index contributed by atoms with van der Waals surface area (Å²) in [5.74, 6) is 0.919. The van der Waals surface area contributed by atoms with E-state index in [0.717, 1.165) is 134 Å². The largest absolute Gasteiger partial charge is 0.306 e. The lowest BCUT2D eigenvalue weighted by Gasteiger charge is -2.15. The molecule has 28 nitrogen and oxygen atoms in total. The van der Waals surface area contributed by atoms with Crippen LogP contribution in [0, 0.1) is 33.5 Å². The van der Waals surface area contributed by atoms with Crippen molar-refractivity contribution in [3.05, 3.63) is 256 Å². The average Bonchev–Trinajstić information content (AvgIpc) is 1.72. The number of thioether (sulfide) groups is 1. The van der Waals surface area contributed by atoms with E-state index in [1.807, 2.05) is 49.7 Å². The minimum Gasteiger partial charge on any atom is -0.306 e. The van der Waals surface area contributed by atoms with Gasteiger partial charge in [-0.25, -0.2) is 24.3 Å². The molecule has 32 heteroatoms. The minimum atomic E-state index is -0.613. The number of fused-ring (bicyclic) bond motifs is 4. The Morgan fingerprint density at radius 2 is 0.790 bits per heavy atom. The van der Waals surface area contributed by atoms with E-state index in [0.29, 0.717) is 91.2 Å². The molecule has 16 rings (SSSR count). The maximum absolute atomic E-state index is 13.9. The number of amides is 4. The number of carbonyl (C=O) groups excluding carboxylic acids is 4. The Morgan fingerprint density at radius 1 is 0.438 bits per heavy atom. The van der Waals surface area contributed by atoms with Crippen molar-refractivity contribution in [3.8, 4) is 23.8 Å². The van der Waals surface area contributed by atoms with Crippen LogP contribution >= 0.6 is 34.7 Å². The van der Waals surface area contributed by atoms with Crippen LogP contribution in [0.3, 0.4) is 0 Å². The number of rotatable bonds is 13. The summed E-state index contributed by atoms with van der Waals surface area (Å²) in [6.07, 6.45) is 13.9. The molecule has 0 spiro atoms. The topological polar surface area (TPSA) is 371 Å². The van der Waals surface area contributed by atoms with Crippen molar-refractivity contribution in [1.82, 2.24) is 79.0 Å². The molecule has 0 fully saturated rings. The second kappa shape index (κ2) is 31.4. The molecule has 0 unspecified atom stereocenters. The van der Waals surface area contributed by atoms with E-state index in [4.69, 9.17) is 11.6 Å². The second-order valence-electron chi connectivity index (χ2n) is 25.2. The molecule has 0 radical (unpaired) electrons. The number of aromatic nitrogens is 16. The Bertz CT molecular complexity index is 5580. The monoisotopic (exact) mass is 1470 g/mol. The summed E-state index contributed by atoms with van der Waals surface area (Å²) in [6, 6.07) is 30.2. The van der Waals surface area contributed by atoms with Crippen LogP contribution in [0.25, 0.3) is 23.8 Å². The van der Waals surface area contributed by atoms with E-state index in [2.05, 4.69) is 81.5 Å². The van der Waals surface area contributed by atoms with Gasteiger partial charge in [0.2, 0.25) is 23.8 Å². The molecule has 3 aromatic carbocycles. The number of anilines is 4. The Morgan fingerprint density at radius 3 is 1.19 bits per heavy atom. The van der Waals surface area contributed by atoms with Gasteiger partial charge in [-0.3, -0.25) is 58.3 Å². The van der Waals surface area contributed by atoms with Crippen molar-refractivity contribution in [1.29, 1.82) is 0 Å². The molecule has 4 amide bonds. The number of aromatic amines is 4. The fourth-order valence-electron chi connectivity index (χ4n) is 12.7. The smallest absolute Gasteiger partial charge is 0.266 e. The molecule has 9 heterocycles. The Kier molecular flexibility index (Phi) is 21.4. The number of nitrogens with zero attached hydrogens (tertiary/aromatic N) is 12. The van der Waals surface area contributed by atoms with E-state index in [-0.39, 0.29) is 51.5 Å². The summed E-state index contributed by atoms with van der Waals surface area (Å²) in [7, 11) is 0. The molecule has 536 valence electrons. The molecular weight excluding hydrogens is 1400 g/mol.